The number of amides is 2. The number of nitrogens with zero attached hydrogens (tertiary/aromatic N) is 2. The summed E-state index contributed by atoms with van der Waals surface area (Å²) < 4.78 is 39.2. The molecule has 12 heteroatoms. The van der Waals surface area contributed by atoms with Crippen LogP contribution in [0.2, 0.25) is 0 Å². The van der Waals surface area contributed by atoms with Gasteiger partial charge in [-0.05, 0) is 52.9 Å². The Morgan fingerprint density at radius 3 is 2.13 bits per heavy atom. The zero-order valence-electron chi connectivity index (χ0n) is 31.2. The van der Waals surface area contributed by atoms with Crippen molar-refractivity contribution < 1.29 is 38.0 Å². The molecule has 0 spiro atoms. The van der Waals surface area contributed by atoms with E-state index in [1.807, 2.05) is 72.8 Å². The van der Waals surface area contributed by atoms with E-state index in [0.29, 0.717) is 92.1 Å². The third-order valence-corrected chi connectivity index (χ3v) is 8.18. The number of benzene rings is 4. The molecule has 2 N–H and O–H groups in total. The fraction of sp³-hybridized carbons (Fsp3) is 0.341. The molecule has 0 unspecified atom stereocenters. The summed E-state index contributed by atoms with van der Waals surface area (Å²) in [5.74, 6) is 3.40. The van der Waals surface area contributed by atoms with E-state index in [2.05, 4.69) is 41.4 Å². The van der Waals surface area contributed by atoms with Crippen molar-refractivity contribution in [3.63, 3.8) is 0 Å². The molecule has 0 fully saturated rings. The standard InChI is InChI=1S/C41H48N4O8/c1-41(2,3)29-11-13-37(49-6)35(26-29)44-40(46)43-34-12-14-36(33-10-8-7-9-32(33)34)53-39-15-16-42-38(45-39)25-28-23-30(48-5)27-31(24-28)52-22-21-51-20-19-50-18-17-47-4/h7-16,23-24,26-27H,17-22,25H2,1-6H3,(H2,43,44,46). The summed E-state index contributed by atoms with van der Waals surface area (Å²) in [4.78, 5) is 22.4. The number of rotatable bonds is 18. The lowest BCUT2D eigenvalue weighted by Crippen LogP contribution is -2.21. The van der Waals surface area contributed by atoms with Crippen molar-refractivity contribution in [3.8, 4) is 28.9 Å². The van der Waals surface area contributed by atoms with Gasteiger partial charge in [-0.2, -0.15) is 4.98 Å². The van der Waals surface area contributed by atoms with Gasteiger partial charge in [-0.1, -0.05) is 51.1 Å². The normalized spacial score (nSPS) is 11.3. The highest BCUT2D eigenvalue weighted by atomic mass is 16.6. The number of ether oxygens (including phenoxy) is 7. The van der Waals surface area contributed by atoms with Gasteiger partial charge >= 0.3 is 6.03 Å². The third-order valence-electron chi connectivity index (χ3n) is 8.18. The van der Waals surface area contributed by atoms with Crippen molar-refractivity contribution in [2.75, 3.05) is 71.6 Å². The molecule has 280 valence electrons. The van der Waals surface area contributed by atoms with E-state index in [1.165, 1.54) is 0 Å². The Bertz CT molecular complexity index is 1960. The van der Waals surface area contributed by atoms with Gasteiger partial charge in [0.1, 0.15) is 35.4 Å². The summed E-state index contributed by atoms with van der Waals surface area (Å²) in [5, 5.41) is 7.54. The number of fused-ring (bicyclic) bond motifs is 1. The Hall–Kier alpha value is -5.43. The van der Waals surface area contributed by atoms with Crippen molar-refractivity contribution in [1.29, 1.82) is 0 Å². The number of urea groups is 1. The number of aromatic nitrogens is 2. The van der Waals surface area contributed by atoms with Gasteiger partial charge in [-0.25, -0.2) is 9.78 Å². The predicted molar refractivity (Wildman–Crippen MR) is 205 cm³/mol. The third kappa shape index (κ3) is 11.3. The average Bonchev–Trinajstić information content (AvgIpc) is 3.15. The Morgan fingerprint density at radius 1 is 0.698 bits per heavy atom. The molecule has 0 saturated carbocycles. The van der Waals surface area contributed by atoms with Crippen LogP contribution in [0.5, 0.6) is 28.9 Å². The number of anilines is 2. The molecule has 0 atom stereocenters. The van der Waals surface area contributed by atoms with Crippen LogP contribution in [0.25, 0.3) is 10.8 Å². The second-order valence-electron chi connectivity index (χ2n) is 13.1. The molecule has 4 aromatic carbocycles. The Labute approximate surface area is 310 Å². The topological polar surface area (TPSA) is 132 Å². The monoisotopic (exact) mass is 724 g/mol. The molecule has 0 saturated heterocycles. The molecule has 12 nitrogen and oxygen atoms in total. The summed E-state index contributed by atoms with van der Waals surface area (Å²) >= 11 is 0. The van der Waals surface area contributed by atoms with Gasteiger partial charge in [0.05, 0.1) is 58.6 Å². The summed E-state index contributed by atoms with van der Waals surface area (Å²) in [6.45, 7) is 9.21. The quantitative estimate of drug-likeness (QED) is 0.0857. The van der Waals surface area contributed by atoms with E-state index in [4.69, 9.17) is 33.2 Å². The zero-order valence-corrected chi connectivity index (χ0v) is 31.2. The first kappa shape index (κ1) is 38.8. The fourth-order valence-corrected chi connectivity index (χ4v) is 5.45. The van der Waals surface area contributed by atoms with Crippen LogP contribution in [0.15, 0.2) is 85.1 Å². The average molecular weight is 725 g/mol. The van der Waals surface area contributed by atoms with Crippen molar-refractivity contribution in [2.45, 2.75) is 32.6 Å². The van der Waals surface area contributed by atoms with Crippen LogP contribution in [0.4, 0.5) is 16.2 Å². The molecule has 1 heterocycles. The van der Waals surface area contributed by atoms with Crippen LogP contribution in [0, 0.1) is 0 Å². The second-order valence-corrected chi connectivity index (χ2v) is 13.1. The van der Waals surface area contributed by atoms with Crippen molar-refractivity contribution in [2.24, 2.45) is 0 Å². The highest BCUT2D eigenvalue weighted by Gasteiger charge is 2.18. The summed E-state index contributed by atoms with van der Waals surface area (Å²) in [7, 11) is 4.83. The minimum absolute atomic E-state index is 0.0970. The summed E-state index contributed by atoms with van der Waals surface area (Å²) in [6.07, 6.45) is 2.08. The molecule has 0 aliphatic rings. The van der Waals surface area contributed by atoms with Crippen LogP contribution >= 0.6 is 0 Å². The lowest BCUT2D eigenvalue weighted by atomic mass is 9.87. The maximum Gasteiger partial charge on any atom is 0.323 e. The lowest BCUT2D eigenvalue weighted by molar-refractivity contribution is 0.0179. The largest absolute Gasteiger partial charge is 0.497 e. The van der Waals surface area contributed by atoms with Gasteiger partial charge in [0, 0.05) is 42.6 Å². The maximum absolute atomic E-state index is 13.3. The number of carbonyl (C=O) groups is 1. The Balaban J connectivity index is 1.24. The number of methoxy groups -OCH3 is 3. The van der Waals surface area contributed by atoms with Crippen LogP contribution in [-0.4, -0.2) is 77.0 Å². The first-order valence-corrected chi connectivity index (χ1v) is 17.4. The molecule has 1 aromatic heterocycles. The van der Waals surface area contributed by atoms with E-state index in [-0.39, 0.29) is 5.41 Å². The van der Waals surface area contributed by atoms with Gasteiger partial charge < -0.3 is 43.8 Å². The molecule has 5 aromatic rings. The summed E-state index contributed by atoms with van der Waals surface area (Å²) in [5.41, 5.74) is 3.09. The van der Waals surface area contributed by atoms with Crippen molar-refractivity contribution >= 4 is 28.2 Å². The van der Waals surface area contributed by atoms with Crippen molar-refractivity contribution in [1.82, 2.24) is 9.97 Å². The minimum Gasteiger partial charge on any atom is -0.497 e. The van der Waals surface area contributed by atoms with Crippen LogP contribution < -0.4 is 29.6 Å². The maximum atomic E-state index is 13.3. The van der Waals surface area contributed by atoms with Crippen molar-refractivity contribution in [3.05, 3.63) is 102 Å². The SMILES string of the molecule is COCCOCCOCCOc1cc(Cc2nccc(Oc3ccc(NC(=O)Nc4cc(C(C)(C)C)ccc4OC)c4ccccc34)n2)cc(OC)c1. The van der Waals surface area contributed by atoms with Gasteiger partial charge in [-0.3, -0.25) is 0 Å². The van der Waals surface area contributed by atoms with Gasteiger partial charge in [0.25, 0.3) is 0 Å². The van der Waals surface area contributed by atoms with E-state index in [9.17, 15) is 4.79 Å². The smallest absolute Gasteiger partial charge is 0.323 e. The number of hydrogen-bond donors (Lipinski definition) is 2. The second kappa shape index (κ2) is 18.9. The molecular formula is C41H48N4O8. The van der Waals surface area contributed by atoms with Gasteiger partial charge in [0.2, 0.25) is 5.88 Å². The highest BCUT2D eigenvalue weighted by molar-refractivity contribution is 6.08. The van der Waals surface area contributed by atoms with E-state index >= 15 is 0 Å². The number of hydrogen-bond acceptors (Lipinski definition) is 10. The van der Waals surface area contributed by atoms with Crippen LogP contribution in [0.3, 0.4) is 0 Å². The first-order valence-electron chi connectivity index (χ1n) is 17.4. The van der Waals surface area contributed by atoms with Gasteiger partial charge in [-0.15, -0.1) is 0 Å². The van der Waals surface area contributed by atoms with Crippen LogP contribution in [-0.2, 0) is 26.0 Å². The number of nitrogens with one attached hydrogen (secondary N) is 2. The number of carbonyl (C=O) groups excluding carboxylic acids is 1. The molecule has 53 heavy (non-hydrogen) atoms. The van der Waals surface area contributed by atoms with Gasteiger partial charge in [0.15, 0.2) is 0 Å². The molecular weight excluding hydrogens is 676 g/mol. The Morgan fingerprint density at radius 2 is 1.40 bits per heavy atom. The lowest BCUT2D eigenvalue weighted by Gasteiger charge is -2.21. The molecule has 2 amide bonds. The zero-order chi connectivity index (χ0) is 37.6. The van der Waals surface area contributed by atoms with Crippen LogP contribution in [0.1, 0.15) is 37.7 Å². The van der Waals surface area contributed by atoms with E-state index in [0.717, 1.165) is 21.9 Å². The minimum atomic E-state index is -0.396. The summed E-state index contributed by atoms with van der Waals surface area (Å²) in [6, 6.07) is 24.1. The molecule has 0 radical (unpaired) electrons. The van der Waals surface area contributed by atoms with E-state index < -0.39 is 6.03 Å². The predicted octanol–water partition coefficient (Wildman–Crippen LogP) is 8.03. The molecule has 0 aliphatic heterocycles. The Kier molecular flexibility index (Phi) is 13.8. The fourth-order valence-electron chi connectivity index (χ4n) is 5.45. The highest BCUT2D eigenvalue weighted by Crippen LogP contribution is 2.35. The molecule has 5 rings (SSSR count). The molecule has 0 bridgehead atoms. The molecule has 0 aliphatic carbocycles. The van der Waals surface area contributed by atoms with E-state index in [1.54, 1.807) is 33.6 Å². The first-order chi connectivity index (χ1) is 25.7.